The lowest BCUT2D eigenvalue weighted by Gasteiger charge is -2.23. The van der Waals surface area contributed by atoms with Crippen molar-refractivity contribution in [1.82, 2.24) is 0 Å². The highest BCUT2D eigenvalue weighted by Crippen LogP contribution is 2.35. The van der Waals surface area contributed by atoms with Gasteiger partial charge in [-0.3, -0.25) is 4.79 Å². The van der Waals surface area contributed by atoms with E-state index in [1.165, 1.54) is 11.6 Å². The minimum absolute atomic E-state index is 0.127. The molecule has 3 rings (SSSR count). The van der Waals surface area contributed by atoms with Crippen LogP contribution in [0.5, 0.6) is 0 Å². The van der Waals surface area contributed by atoms with Gasteiger partial charge >= 0.3 is 0 Å². The fourth-order valence-electron chi connectivity index (χ4n) is 2.97. The Morgan fingerprint density at radius 3 is 2.74 bits per heavy atom. The lowest BCUT2D eigenvalue weighted by atomic mass is 9.96. The number of thiophene rings is 1. The smallest absolute Gasteiger partial charge is 0.259 e. The van der Waals surface area contributed by atoms with Crippen LogP contribution in [0, 0.1) is 0 Å². The van der Waals surface area contributed by atoms with Crippen molar-refractivity contribution in [2.45, 2.75) is 29.9 Å². The normalized spacial score (nSPS) is 18.3. The summed E-state index contributed by atoms with van der Waals surface area (Å²) in [5.41, 5.74) is 2.56. The molecular weight excluding hydrogens is 330 g/mol. The van der Waals surface area contributed by atoms with E-state index in [1.54, 1.807) is 10.3 Å². The van der Waals surface area contributed by atoms with Crippen LogP contribution in [0.1, 0.15) is 41.6 Å². The Morgan fingerprint density at radius 2 is 2.04 bits per heavy atom. The third kappa shape index (κ3) is 3.19. The Balaban J connectivity index is 1.99. The highest BCUT2D eigenvalue weighted by atomic mass is 32.2. The molecule has 2 aromatic rings. The SMILES string of the molecule is C[C@@H]1CCCN(C(=O)c2csc(S(C)(=O)=O)c2)c2ccccc21. The zero-order chi connectivity index (χ0) is 16.6. The first-order valence-electron chi connectivity index (χ1n) is 7.57. The molecule has 1 amide bonds. The Kier molecular flexibility index (Phi) is 4.29. The van der Waals surface area contributed by atoms with Gasteiger partial charge in [0.2, 0.25) is 0 Å². The van der Waals surface area contributed by atoms with Gasteiger partial charge in [-0.1, -0.05) is 25.1 Å². The second-order valence-corrected chi connectivity index (χ2v) is 9.14. The summed E-state index contributed by atoms with van der Waals surface area (Å²) < 4.78 is 23.5. The number of fused-ring (bicyclic) bond motifs is 1. The van der Waals surface area contributed by atoms with Crippen molar-refractivity contribution in [3.63, 3.8) is 0 Å². The fraction of sp³-hybridized carbons (Fsp3) is 0.353. The van der Waals surface area contributed by atoms with Gasteiger partial charge < -0.3 is 4.90 Å². The molecule has 4 nitrogen and oxygen atoms in total. The predicted molar refractivity (Wildman–Crippen MR) is 93.2 cm³/mol. The van der Waals surface area contributed by atoms with Crippen LogP contribution in [-0.4, -0.2) is 27.1 Å². The second-order valence-electron chi connectivity index (χ2n) is 5.99. The minimum Gasteiger partial charge on any atom is -0.308 e. The van der Waals surface area contributed by atoms with Crippen LogP contribution in [-0.2, 0) is 9.84 Å². The number of hydrogen-bond donors (Lipinski definition) is 0. The molecule has 0 fully saturated rings. The molecule has 1 aromatic carbocycles. The number of para-hydroxylation sites is 1. The molecule has 23 heavy (non-hydrogen) atoms. The lowest BCUT2D eigenvalue weighted by Crippen LogP contribution is -2.31. The third-order valence-corrected chi connectivity index (χ3v) is 6.98. The maximum absolute atomic E-state index is 12.9. The maximum atomic E-state index is 12.9. The number of anilines is 1. The zero-order valence-corrected chi connectivity index (χ0v) is 14.8. The van der Waals surface area contributed by atoms with Crippen LogP contribution < -0.4 is 4.90 Å². The number of carbonyl (C=O) groups is 1. The molecule has 0 saturated carbocycles. The van der Waals surface area contributed by atoms with Crippen molar-refractivity contribution in [2.24, 2.45) is 0 Å². The highest BCUT2D eigenvalue weighted by Gasteiger charge is 2.26. The molecule has 0 saturated heterocycles. The highest BCUT2D eigenvalue weighted by molar-refractivity contribution is 7.92. The van der Waals surface area contributed by atoms with Crippen LogP contribution in [0.4, 0.5) is 5.69 Å². The average Bonchev–Trinajstić information content (AvgIpc) is 2.95. The van der Waals surface area contributed by atoms with Gasteiger partial charge in [-0.25, -0.2) is 8.42 Å². The number of benzene rings is 1. The van der Waals surface area contributed by atoms with Crippen molar-refractivity contribution in [2.75, 3.05) is 17.7 Å². The number of sulfone groups is 1. The number of rotatable bonds is 2. The fourth-order valence-corrected chi connectivity index (χ4v) is 4.76. The number of carbonyl (C=O) groups excluding carboxylic acids is 1. The molecular formula is C17H19NO3S2. The van der Waals surface area contributed by atoms with Gasteiger partial charge in [0.15, 0.2) is 9.84 Å². The van der Waals surface area contributed by atoms with E-state index < -0.39 is 9.84 Å². The summed E-state index contributed by atoms with van der Waals surface area (Å²) in [6, 6.07) is 9.46. The van der Waals surface area contributed by atoms with Gasteiger partial charge in [0.25, 0.3) is 5.91 Å². The van der Waals surface area contributed by atoms with Gasteiger partial charge in [-0.2, -0.15) is 0 Å². The van der Waals surface area contributed by atoms with Gasteiger partial charge in [0.05, 0.1) is 5.56 Å². The molecule has 0 N–H and O–H groups in total. The molecule has 1 atom stereocenters. The predicted octanol–water partition coefficient (Wildman–Crippen LogP) is 3.70. The molecule has 1 aliphatic heterocycles. The van der Waals surface area contributed by atoms with Crippen LogP contribution in [0.25, 0.3) is 0 Å². The number of amides is 1. The molecule has 0 radical (unpaired) electrons. The topological polar surface area (TPSA) is 54.5 Å². The summed E-state index contributed by atoms with van der Waals surface area (Å²) in [6.45, 7) is 2.84. The minimum atomic E-state index is -3.27. The van der Waals surface area contributed by atoms with E-state index in [2.05, 4.69) is 13.0 Å². The van der Waals surface area contributed by atoms with Gasteiger partial charge in [-0.05, 0) is 36.5 Å². The molecule has 0 unspecified atom stereocenters. The molecule has 6 heteroatoms. The molecule has 0 bridgehead atoms. The van der Waals surface area contributed by atoms with Gasteiger partial charge in [-0.15, -0.1) is 11.3 Å². The first-order chi connectivity index (χ1) is 10.9. The first kappa shape index (κ1) is 16.2. The van der Waals surface area contributed by atoms with Crippen molar-refractivity contribution >= 4 is 32.8 Å². The van der Waals surface area contributed by atoms with E-state index in [0.29, 0.717) is 18.0 Å². The zero-order valence-electron chi connectivity index (χ0n) is 13.2. The Hall–Kier alpha value is -1.66. The van der Waals surface area contributed by atoms with Crippen molar-refractivity contribution in [1.29, 1.82) is 0 Å². The Morgan fingerprint density at radius 1 is 1.30 bits per heavy atom. The third-order valence-electron chi connectivity index (χ3n) is 4.21. The van der Waals surface area contributed by atoms with E-state index in [-0.39, 0.29) is 10.1 Å². The first-order valence-corrected chi connectivity index (χ1v) is 10.3. The van der Waals surface area contributed by atoms with E-state index in [1.807, 2.05) is 18.2 Å². The molecule has 2 heterocycles. The molecule has 0 aliphatic carbocycles. The van der Waals surface area contributed by atoms with E-state index in [0.717, 1.165) is 36.1 Å². The van der Waals surface area contributed by atoms with Crippen molar-refractivity contribution in [3.05, 3.63) is 46.8 Å². The molecule has 0 spiro atoms. The Bertz CT molecular complexity index is 839. The summed E-state index contributed by atoms with van der Waals surface area (Å²) in [5, 5.41) is 1.63. The summed E-state index contributed by atoms with van der Waals surface area (Å²) >= 11 is 1.10. The standard InChI is InChI=1S/C17H19NO3S2/c1-12-6-5-9-18(15-8-4-3-7-14(12)15)17(19)13-10-16(22-11-13)23(2,20)21/h3-4,7-8,10-12H,5-6,9H2,1-2H3/t12-/m1/s1. The number of hydrogen-bond acceptors (Lipinski definition) is 4. The monoisotopic (exact) mass is 349 g/mol. The second kappa shape index (κ2) is 6.09. The van der Waals surface area contributed by atoms with Crippen LogP contribution in [0.15, 0.2) is 39.9 Å². The van der Waals surface area contributed by atoms with Crippen molar-refractivity contribution < 1.29 is 13.2 Å². The van der Waals surface area contributed by atoms with Gasteiger partial charge in [0.1, 0.15) is 4.21 Å². The lowest BCUT2D eigenvalue weighted by molar-refractivity contribution is 0.0987. The van der Waals surface area contributed by atoms with Crippen molar-refractivity contribution in [3.8, 4) is 0 Å². The largest absolute Gasteiger partial charge is 0.308 e. The quantitative estimate of drug-likeness (QED) is 0.831. The summed E-state index contributed by atoms with van der Waals surface area (Å²) in [5.74, 6) is 0.288. The Labute approximate surface area is 140 Å². The summed E-state index contributed by atoms with van der Waals surface area (Å²) in [7, 11) is -3.27. The van der Waals surface area contributed by atoms with Crippen LogP contribution >= 0.6 is 11.3 Å². The molecule has 122 valence electrons. The van der Waals surface area contributed by atoms with Crippen LogP contribution in [0.2, 0.25) is 0 Å². The average molecular weight is 349 g/mol. The summed E-state index contributed by atoms with van der Waals surface area (Å²) in [6.07, 6.45) is 3.14. The van der Waals surface area contributed by atoms with E-state index in [9.17, 15) is 13.2 Å². The number of nitrogens with zero attached hydrogens (tertiary/aromatic N) is 1. The molecule has 1 aliphatic rings. The molecule has 1 aromatic heterocycles. The van der Waals surface area contributed by atoms with E-state index in [4.69, 9.17) is 0 Å². The maximum Gasteiger partial charge on any atom is 0.259 e. The summed E-state index contributed by atoms with van der Waals surface area (Å²) in [4.78, 5) is 14.7. The van der Waals surface area contributed by atoms with Gasteiger partial charge in [0, 0.05) is 23.9 Å². The van der Waals surface area contributed by atoms with Crippen LogP contribution in [0.3, 0.4) is 0 Å². The van der Waals surface area contributed by atoms with E-state index >= 15 is 0 Å².